The number of aromatic nitrogens is 1. The van der Waals surface area contributed by atoms with Crippen molar-refractivity contribution in [2.45, 2.75) is 25.4 Å². The SMILES string of the molecule is O=C(O)c1cc(F)cnc1OCC1CCCCO1. The van der Waals surface area contributed by atoms with E-state index < -0.39 is 11.8 Å². The molecule has 1 N–H and O–H groups in total. The number of halogens is 1. The van der Waals surface area contributed by atoms with Gasteiger partial charge in [-0.05, 0) is 25.3 Å². The molecule has 5 nitrogen and oxygen atoms in total. The van der Waals surface area contributed by atoms with Crippen molar-refractivity contribution in [1.29, 1.82) is 0 Å². The van der Waals surface area contributed by atoms with E-state index in [2.05, 4.69) is 4.98 Å². The highest BCUT2D eigenvalue weighted by molar-refractivity contribution is 5.90. The van der Waals surface area contributed by atoms with Crippen molar-refractivity contribution < 1.29 is 23.8 Å². The Morgan fingerprint density at radius 2 is 2.44 bits per heavy atom. The summed E-state index contributed by atoms with van der Waals surface area (Å²) in [5, 5.41) is 8.91. The van der Waals surface area contributed by atoms with Crippen molar-refractivity contribution >= 4 is 5.97 Å². The third-order valence-corrected chi connectivity index (χ3v) is 2.73. The summed E-state index contributed by atoms with van der Waals surface area (Å²) >= 11 is 0. The molecule has 0 bridgehead atoms. The van der Waals surface area contributed by atoms with Crippen LogP contribution in [-0.4, -0.2) is 35.4 Å². The Kier molecular flexibility index (Phi) is 4.09. The molecule has 1 aromatic rings. The van der Waals surface area contributed by atoms with E-state index in [1.165, 1.54) is 0 Å². The number of hydrogen-bond acceptors (Lipinski definition) is 4. The average molecular weight is 255 g/mol. The summed E-state index contributed by atoms with van der Waals surface area (Å²) in [6.07, 6.45) is 3.86. The summed E-state index contributed by atoms with van der Waals surface area (Å²) < 4.78 is 23.7. The second-order valence-electron chi connectivity index (χ2n) is 4.11. The zero-order valence-electron chi connectivity index (χ0n) is 9.76. The van der Waals surface area contributed by atoms with Crippen LogP contribution in [0.4, 0.5) is 4.39 Å². The highest BCUT2D eigenvalue weighted by Crippen LogP contribution is 2.18. The largest absolute Gasteiger partial charge is 0.477 e. The summed E-state index contributed by atoms with van der Waals surface area (Å²) in [7, 11) is 0. The quantitative estimate of drug-likeness (QED) is 0.889. The Balaban J connectivity index is 2.01. The molecule has 1 aliphatic heterocycles. The van der Waals surface area contributed by atoms with Gasteiger partial charge in [0.2, 0.25) is 5.88 Å². The van der Waals surface area contributed by atoms with Crippen molar-refractivity contribution in [2.75, 3.05) is 13.2 Å². The van der Waals surface area contributed by atoms with Crippen LogP contribution in [0.25, 0.3) is 0 Å². The standard InChI is InChI=1S/C12H14FNO4/c13-8-5-10(12(15)16)11(14-6-8)18-7-9-3-1-2-4-17-9/h5-6,9H,1-4,7H2,(H,15,16). The molecule has 0 aliphatic carbocycles. The number of hydrogen-bond donors (Lipinski definition) is 1. The smallest absolute Gasteiger partial charge is 0.341 e. The Morgan fingerprint density at radius 1 is 1.61 bits per heavy atom. The van der Waals surface area contributed by atoms with Crippen LogP contribution < -0.4 is 4.74 Å². The number of nitrogens with zero attached hydrogens (tertiary/aromatic N) is 1. The number of carbonyl (C=O) groups is 1. The van der Waals surface area contributed by atoms with Crippen LogP contribution in [0.15, 0.2) is 12.3 Å². The minimum Gasteiger partial charge on any atom is -0.477 e. The van der Waals surface area contributed by atoms with Crippen LogP contribution in [0.3, 0.4) is 0 Å². The van der Waals surface area contributed by atoms with E-state index in [-0.39, 0.29) is 24.2 Å². The summed E-state index contributed by atoms with van der Waals surface area (Å²) in [4.78, 5) is 14.6. The molecule has 2 heterocycles. The third-order valence-electron chi connectivity index (χ3n) is 2.73. The van der Waals surface area contributed by atoms with Crippen LogP contribution >= 0.6 is 0 Å². The highest BCUT2D eigenvalue weighted by atomic mass is 19.1. The van der Waals surface area contributed by atoms with Gasteiger partial charge in [0.05, 0.1) is 12.3 Å². The van der Waals surface area contributed by atoms with Crippen molar-refractivity contribution in [1.82, 2.24) is 4.98 Å². The monoisotopic (exact) mass is 255 g/mol. The van der Waals surface area contributed by atoms with Gasteiger partial charge in [0, 0.05) is 6.61 Å². The van der Waals surface area contributed by atoms with Crippen molar-refractivity contribution in [3.63, 3.8) is 0 Å². The van der Waals surface area contributed by atoms with Crippen LogP contribution in [-0.2, 0) is 4.74 Å². The number of carboxylic acids is 1. The molecule has 98 valence electrons. The van der Waals surface area contributed by atoms with Gasteiger partial charge in [0.1, 0.15) is 18.0 Å². The Labute approximate surface area is 104 Å². The normalized spacial score (nSPS) is 19.5. The first kappa shape index (κ1) is 12.8. The molecule has 18 heavy (non-hydrogen) atoms. The maximum absolute atomic E-state index is 12.9. The molecule has 6 heteroatoms. The fraction of sp³-hybridized carbons (Fsp3) is 0.500. The van der Waals surface area contributed by atoms with Crippen molar-refractivity contribution in [3.05, 3.63) is 23.6 Å². The first-order chi connectivity index (χ1) is 8.66. The van der Waals surface area contributed by atoms with E-state index in [1.807, 2.05) is 0 Å². The topological polar surface area (TPSA) is 68.7 Å². The van der Waals surface area contributed by atoms with Gasteiger partial charge in [0.15, 0.2) is 0 Å². The number of rotatable bonds is 4. The predicted octanol–water partition coefficient (Wildman–Crippen LogP) is 1.87. The minimum atomic E-state index is -1.26. The fourth-order valence-electron chi connectivity index (χ4n) is 1.81. The first-order valence-electron chi connectivity index (χ1n) is 5.80. The summed E-state index contributed by atoms with van der Waals surface area (Å²) in [5.74, 6) is -2.03. The molecule has 2 rings (SSSR count). The second-order valence-corrected chi connectivity index (χ2v) is 4.11. The Bertz CT molecular complexity index is 432. The van der Waals surface area contributed by atoms with Gasteiger partial charge in [0.25, 0.3) is 0 Å². The van der Waals surface area contributed by atoms with Gasteiger partial charge in [-0.3, -0.25) is 0 Å². The van der Waals surface area contributed by atoms with Gasteiger partial charge in [-0.25, -0.2) is 14.2 Å². The number of ether oxygens (including phenoxy) is 2. The Hall–Kier alpha value is -1.69. The van der Waals surface area contributed by atoms with E-state index in [4.69, 9.17) is 14.6 Å². The number of aromatic carboxylic acids is 1. The molecule has 0 saturated carbocycles. The molecule has 0 amide bonds. The van der Waals surface area contributed by atoms with Crippen LogP contribution in [0.5, 0.6) is 5.88 Å². The maximum Gasteiger partial charge on any atom is 0.341 e. The molecule has 1 aliphatic rings. The zero-order chi connectivity index (χ0) is 13.0. The molecular weight excluding hydrogens is 241 g/mol. The average Bonchev–Trinajstić information content (AvgIpc) is 2.38. The second kappa shape index (κ2) is 5.77. The molecule has 0 aromatic carbocycles. The molecule has 1 saturated heterocycles. The number of carboxylic acid groups (broad SMARTS) is 1. The lowest BCUT2D eigenvalue weighted by Gasteiger charge is -2.22. The van der Waals surface area contributed by atoms with Crippen molar-refractivity contribution in [2.24, 2.45) is 0 Å². The zero-order valence-corrected chi connectivity index (χ0v) is 9.76. The fourth-order valence-corrected chi connectivity index (χ4v) is 1.81. The highest BCUT2D eigenvalue weighted by Gasteiger charge is 2.18. The lowest BCUT2D eigenvalue weighted by atomic mass is 10.1. The van der Waals surface area contributed by atoms with Gasteiger partial charge in [-0.1, -0.05) is 0 Å². The molecular formula is C12H14FNO4. The molecule has 1 fully saturated rings. The van der Waals surface area contributed by atoms with Gasteiger partial charge < -0.3 is 14.6 Å². The molecule has 1 atom stereocenters. The van der Waals surface area contributed by atoms with Gasteiger partial charge >= 0.3 is 5.97 Å². The van der Waals surface area contributed by atoms with Crippen LogP contribution in [0.1, 0.15) is 29.6 Å². The van der Waals surface area contributed by atoms with E-state index >= 15 is 0 Å². The van der Waals surface area contributed by atoms with E-state index in [1.54, 1.807) is 0 Å². The van der Waals surface area contributed by atoms with E-state index in [0.717, 1.165) is 31.5 Å². The molecule has 1 aromatic heterocycles. The lowest BCUT2D eigenvalue weighted by Crippen LogP contribution is -2.26. The maximum atomic E-state index is 12.9. The summed E-state index contributed by atoms with van der Waals surface area (Å²) in [6.45, 7) is 0.926. The minimum absolute atomic E-state index is 0.0488. The lowest BCUT2D eigenvalue weighted by molar-refractivity contribution is -0.0122. The van der Waals surface area contributed by atoms with Gasteiger partial charge in [-0.2, -0.15) is 0 Å². The van der Waals surface area contributed by atoms with E-state index in [0.29, 0.717) is 6.61 Å². The van der Waals surface area contributed by atoms with Crippen LogP contribution in [0.2, 0.25) is 0 Å². The first-order valence-corrected chi connectivity index (χ1v) is 5.80. The third kappa shape index (κ3) is 3.16. The van der Waals surface area contributed by atoms with Crippen LogP contribution in [0, 0.1) is 5.82 Å². The molecule has 1 unspecified atom stereocenters. The summed E-state index contributed by atoms with van der Waals surface area (Å²) in [6, 6.07) is 0.895. The van der Waals surface area contributed by atoms with Gasteiger partial charge in [-0.15, -0.1) is 0 Å². The van der Waals surface area contributed by atoms with Crippen molar-refractivity contribution in [3.8, 4) is 5.88 Å². The van der Waals surface area contributed by atoms with E-state index in [9.17, 15) is 9.18 Å². The molecule has 0 spiro atoms. The Morgan fingerprint density at radius 3 is 3.11 bits per heavy atom. The summed E-state index contributed by atoms with van der Waals surface area (Å²) in [5.41, 5.74) is -0.272. The number of pyridine rings is 1. The molecule has 0 radical (unpaired) electrons. The predicted molar refractivity (Wildman–Crippen MR) is 60.2 cm³/mol.